The van der Waals surface area contributed by atoms with Crippen LogP contribution in [0.5, 0.6) is 0 Å². The number of carbonyl (C=O) groups excluding carboxylic acids is 2. The summed E-state index contributed by atoms with van der Waals surface area (Å²) < 4.78 is 9.99. The van der Waals surface area contributed by atoms with Gasteiger partial charge in [-0.1, -0.05) is 30.3 Å². The van der Waals surface area contributed by atoms with Gasteiger partial charge in [0.2, 0.25) is 0 Å². The number of ether oxygens (including phenoxy) is 2. The summed E-state index contributed by atoms with van der Waals surface area (Å²) in [4.78, 5) is 22.7. The van der Waals surface area contributed by atoms with Gasteiger partial charge in [0.15, 0.2) is 0 Å². The number of benzene rings is 1. The summed E-state index contributed by atoms with van der Waals surface area (Å²) in [6.45, 7) is 5.23. The first-order chi connectivity index (χ1) is 8.87. The van der Waals surface area contributed by atoms with Crippen molar-refractivity contribution in [2.24, 2.45) is 0 Å². The number of carbonyl (C=O) groups is 2. The standard InChI is InChI=1S/C14H19NO4/c1-14(2,3)19-13(17)15-9-12(16)18-10-11-7-5-4-6-8-11/h4-8H,9-10H2,1-3H3,(H,15,17). The third-order valence-electron chi connectivity index (χ3n) is 2.02. The van der Waals surface area contributed by atoms with Crippen LogP contribution in [-0.2, 0) is 20.9 Å². The first-order valence-electron chi connectivity index (χ1n) is 6.03. The maximum atomic E-state index is 11.4. The largest absolute Gasteiger partial charge is 0.460 e. The lowest BCUT2D eigenvalue weighted by Crippen LogP contribution is -2.36. The van der Waals surface area contributed by atoms with Crippen LogP contribution in [0.3, 0.4) is 0 Å². The smallest absolute Gasteiger partial charge is 0.408 e. The molecule has 1 N–H and O–H groups in total. The van der Waals surface area contributed by atoms with Crippen LogP contribution in [0.4, 0.5) is 4.79 Å². The summed E-state index contributed by atoms with van der Waals surface area (Å²) >= 11 is 0. The number of hydrogen-bond donors (Lipinski definition) is 1. The summed E-state index contributed by atoms with van der Waals surface area (Å²) in [6, 6.07) is 9.32. The Balaban J connectivity index is 2.23. The normalized spacial score (nSPS) is 10.7. The molecule has 0 spiro atoms. The third kappa shape index (κ3) is 7.08. The Morgan fingerprint density at radius 3 is 2.37 bits per heavy atom. The van der Waals surface area contributed by atoms with Crippen LogP contribution in [-0.4, -0.2) is 24.2 Å². The highest BCUT2D eigenvalue weighted by Crippen LogP contribution is 2.06. The van der Waals surface area contributed by atoms with E-state index >= 15 is 0 Å². The molecule has 1 rings (SSSR count). The van der Waals surface area contributed by atoms with Gasteiger partial charge < -0.3 is 14.8 Å². The Bertz CT molecular complexity index is 423. The van der Waals surface area contributed by atoms with E-state index in [4.69, 9.17) is 9.47 Å². The Labute approximate surface area is 112 Å². The Kier molecular flexibility index (Phi) is 5.36. The molecule has 0 heterocycles. The van der Waals surface area contributed by atoms with Crippen molar-refractivity contribution in [2.45, 2.75) is 33.0 Å². The molecule has 0 saturated heterocycles. The van der Waals surface area contributed by atoms with E-state index < -0.39 is 17.7 Å². The molecule has 0 aliphatic heterocycles. The predicted molar refractivity (Wildman–Crippen MR) is 70.5 cm³/mol. The highest BCUT2D eigenvalue weighted by Gasteiger charge is 2.16. The summed E-state index contributed by atoms with van der Waals surface area (Å²) in [6.07, 6.45) is -0.635. The van der Waals surface area contributed by atoms with Gasteiger partial charge in [-0.3, -0.25) is 4.79 Å². The van der Waals surface area contributed by atoms with Crippen LogP contribution < -0.4 is 5.32 Å². The van der Waals surface area contributed by atoms with Crippen molar-refractivity contribution in [1.82, 2.24) is 5.32 Å². The maximum absolute atomic E-state index is 11.4. The first-order valence-corrected chi connectivity index (χ1v) is 6.03. The molecule has 0 bridgehead atoms. The van der Waals surface area contributed by atoms with E-state index in [9.17, 15) is 9.59 Å². The molecule has 1 aromatic rings. The number of hydrogen-bond acceptors (Lipinski definition) is 4. The van der Waals surface area contributed by atoms with Crippen LogP contribution in [0.25, 0.3) is 0 Å². The number of rotatable bonds is 4. The van der Waals surface area contributed by atoms with E-state index in [0.717, 1.165) is 5.56 Å². The minimum Gasteiger partial charge on any atom is -0.460 e. The summed E-state index contributed by atoms with van der Waals surface area (Å²) in [7, 11) is 0. The maximum Gasteiger partial charge on any atom is 0.408 e. The second-order valence-corrected chi connectivity index (χ2v) is 5.00. The predicted octanol–water partition coefficient (Wildman–Crippen LogP) is 2.25. The number of esters is 1. The molecule has 0 aromatic heterocycles. The van der Waals surface area contributed by atoms with Gasteiger partial charge in [0, 0.05) is 0 Å². The van der Waals surface area contributed by atoms with Crippen LogP contribution in [0.1, 0.15) is 26.3 Å². The molecular weight excluding hydrogens is 246 g/mol. The first kappa shape index (κ1) is 15.0. The van der Waals surface area contributed by atoms with Crippen LogP contribution in [0.15, 0.2) is 30.3 Å². The highest BCUT2D eigenvalue weighted by molar-refractivity contribution is 5.77. The molecule has 5 nitrogen and oxygen atoms in total. The van der Waals surface area contributed by atoms with Crippen molar-refractivity contribution in [3.63, 3.8) is 0 Å². The molecule has 19 heavy (non-hydrogen) atoms. The average molecular weight is 265 g/mol. The van der Waals surface area contributed by atoms with Gasteiger partial charge in [0.25, 0.3) is 0 Å². The van der Waals surface area contributed by atoms with Gasteiger partial charge in [-0.25, -0.2) is 4.79 Å². The fourth-order valence-corrected chi connectivity index (χ4v) is 1.25. The Hall–Kier alpha value is -2.04. The Morgan fingerprint density at radius 2 is 1.79 bits per heavy atom. The molecule has 0 unspecified atom stereocenters. The van der Waals surface area contributed by atoms with Crippen molar-refractivity contribution in [2.75, 3.05) is 6.54 Å². The molecule has 1 amide bonds. The van der Waals surface area contributed by atoms with Crippen molar-refractivity contribution in [3.05, 3.63) is 35.9 Å². The highest BCUT2D eigenvalue weighted by atomic mass is 16.6. The van der Waals surface area contributed by atoms with Gasteiger partial charge in [-0.05, 0) is 26.3 Å². The lowest BCUT2D eigenvalue weighted by molar-refractivity contribution is -0.143. The van der Waals surface area contributed by atoms with Gasteiger partial charge in [0.1, 0.15) is 18.8 Å². The summed E-state index contributed by atoms with van der Waals surface area (Å²) in [5.74, 6) is -0.505. The quantitative estimate of drug-likeness (QED) is 0.848. The zero-order chi connectivity index (χ0) is 14.3. The summed E-state index contributed by atoms with van der Waals surface area (Å²) in [5.41, 5.74) is 0.311. The minimum absolute atomic E-state index is 0.190. The van der Waals surface area contributed by atoms with E-state index in [0.29, 0.717) is 0 Å². The lowest BCUT2D eigenvalue weighted by Gasteiger charge is -2.19. The molecular formula is C14H19NO4. The second-order valence-electron chi connectivity index (χ2n) is 5.00. The van der Waals surface area contributed by atoms with Crippen molar-refractivity contribution < 1.29 is 19.1 Å². The fraction of sp³-hybridized carbons (Fsp3) is 0.429. The molecule has 0 atom stereocenters. The van der Waals surface area contributed by atoms with Gasteiger partial charge >= 0.3 is 12.1 Å². The van der Waals surface area contributed by atoms with Crippen LogP contribution >= 0.6 is 0 Å². The summed E-state index contributed by atoms with van der Waals surface area (Å²) in [5, 5.41) is 2.34. The average Bonchev–Trinajstić information content (AvgIpc) is 2.33. The fourth-order valence-electron chi connectivity index (χ4n) is 1.25. The van der Waals surface area contributed by atoms with E-state index in [1.165, 1.54) is 0 Å². The molecule has 0 fully saturated rings. The number of alkyl carbamates (subject to hydrolysis) is 1. The van der Waals surface area contributed by atoms with Gasteiger partial charge in [0.05, 0.1) is 0 Å². The van der Waals surface area contributed by atoms with E-state index in [1.54, 1.807) is 20.8 Å². The van der Waals surface area contributed by atoms with E-state index in [-0.39, 0.29) is 13.2 Å². The van der Waals surface area contributed by atoms with Crippen LogP contribution in [0, 0.1) is 0 Å². The molecule has 0 radical (unpaired) electrons. The van der Waals surface area contributed by atoms with Gasteiger partial charge in [-0.15, -0.1) is 0 Å². The van der Waals surface area contributed by atoms with Crippen LogP contribution in [0.2, 0.25) is 0 Å². The Morgan fingerprint density at radius 1 is 1.16 bits per heavy atom. The number of amides is 1. The molecule has 104 valence electrons. The van der Waals surface area contributed by atoms with E-state index in [1.807, 2.05) is 30.3 Å². The SMILES string of the molecule is CC(C)(C)OC(=O)NCC(=O)OCc1ccccc1. The van der Waals surface area contributed by atoms with Crippen molar-refractivity contribution in [1.29, 1.82) is 0 Å². The topological polar surface area (TPSA) is 64.6 Å². The monoisotopic (exact) mass is 265 g/mol. The van der Waals surface area contributed by atoms with Crippen molar-refractivity contribution >= 4 is 12.1 Å². The zero-order valence-corrected chi connectivity index (χ0v) is 11.4. The molecule has 0 saturated carbocycles. The minimum atomic E-state index is -0.635. The number of nitrogens with one attached hydrogen (secondary N) is 1. The zero-order valence-electron chi connectivity index (χ0n) is 11.4. The van der Waals surface area contributed by atoms with Gasteiger partial charge in [-0.2, -0.15) is 0 Å². The molecule has 0 aliphatic carbocycles. The van der Waals surface area contributed by atoms with E-state index in [2.05, 4.69) is 5.32 Å². The molecule has 1 aromatic carbocycles. The lowest BCUT2D eigenvalue weighted by atomic mass is 10.2. The third-order valence-corrected chi connectivity index (χ3v) is 2.02. The van der Waals surface area contributed by atoms with Crippen molar-refractivity contribution in [3.8, 4) is 0 Å². The molecule has 5 heteroatoms. The second kappa shape index (κ2) is 6.78. The molecule has 0 aliphatic rings.